The number of halogens is 2. The molecular weight excluding hydrogens is 384 g/mol. The number of carbonyl (C=O) groups excluding carboxylic acids is 1. The lowest BCUT2D eigenvalue weighted by atomic mass is 9.99. The maximum Gasteiger partial charge on any atom is 0.326 e. The Labute approximate surface area is 154 Å². The average molecular weight is 403 g/mol. The summed E-state index contributed by atoms with van der Waals surface area (Å²) in [6.45, 7) is -0.356. The van der Waals surface area contributed by atoms with Gasteiger partial charge in [0.25, 0.3) is 5.91 Å². The van der Waals surface area contributed by atoms with E-state index < -0.39 is 46.6 Å². The number of amides is 1. The summed E-state index contributed by atoms with van der Waals surface area (Å²) in [6.07, 6.45) is 1.80. The number of benzene rings is 1. The van der Waals surface area contributed by atoms with E-state index in [2.05, 4.69) is 5.32 Å². The van der Waals surface area contributed by atoms with Crippen LogP contribution >= 0.6 is 0 Å². The van der Waals surface area contributed by atoms with Crippen LogP contribution in [0.5, 0.6) is 11.5 Å². The lowest BCUT2D eigenvalue weighted by molar-refractivity contribution is -0.117. The molecule has 8 nitrogen and oxygen atoms in total. The number of fused-ring (bicyclic) bond motifs is 1. The van der Waals surface area contributed by atoms with Crippen molar-refractivity contribution in [2.24, 2.45) is 5.41 Å². The molecular formula is C16H19F2N3O5S. The van der Waals surface area contributed by atoms with Gasteiger partial charge in [-0.15, -0.1) is 0 Å². The first-order valence-corrected chi connectivity index (χ1v) is 9.98. The van der Waals surface area contributed by atoms with Gasteiger partial charge in [0.2, 0.25) is 0 Å². The van der Waals surface area contributed by atoms with Gasteiger partial charge in [-0.25, -0.2) is 13.4 Å². The van der Waals surface area contributed by atoms with Crippen molar-refractivity contribution in [1.82, 2.24) is 10.0 Å². The standard InChI is InChI=1S/C16H19F2N3O5S/c17-7-16(1-2-16)8-19-9-3-10-12(26-6-9)4-11(22)15(14(10)18)21-5-13(23)20-27(21,24)25/h4,9,19,22H,1-3,5-8H2,(H,20,23). The molecule has 0 radical (unpaired) electrons. The van der Waals surface area contributed by atoms with Gasteiger partial charge in [0, 0.05) is 29.6 Å². The molecule has 0 spiro atoms. The van der Waals surface area contributed by atoms with Gasteiger partial charge in [-0.2, -0.15) is 8.42 Å². The van der Waals surface area contributed by atoms with Crippen LogP contribution in [0.25, 0.3) is 0 Å². The van der Waals surface area contributed by atoms with Crippen LogP contribution in [0.1, 0.15) is 18.4 Å². The van der Waals surface area contributed by atoms with E-state index in [1.165, 1.54) is 0 Å². The fourth-order valence-corrected chi connectivity index (χ4v) is 4.53. The van der Waals surface area contributed by atoms with E-state index in [1.807, 2.05) is 0 Å². The second-order valence-corrected chi connectivity index (χ2v) is 8.89. The van der Waals surface area contributed by atoms with E-state index in [-0.39, 0.29) is 35.8 Å². The summed E-state index contributed by atoms with van der Waals surface area (Å²) in [5, 5.41) is 13.3. The number of hydrogen-bond donors (Lipinski definition) is 3. The normalized spacial score (nSPS) is 24.9. The molecule has 1 amide bonds. The summed E-state index contributed by atoms with van der Waals surface area (Å²) in [6, 6.07) is 0.870. The lowest BCUT2D eigenvalue weighted by Gasteiger charge is -2.29. The molecule has 3 N–H and O–H groups in total. The maximum absolute atomic E-state index is 15.1. The number of phenolic OH excluding ortho intramolecular Hbond substituents is 1. The molecule has 1 atom stereocenters. The number of alkyl halides is 1. The second kappa shape index (κ2) is 6.20. The summed E-state index contributed by atoms with van der Waals surface area (Å²) in [4.78, 5) is 11.4. The highest BCUT2D eigenvalue weighted by atomic mass is 32.2. The molecule has 4 rings (SSSR count). The Bertz CT molecular complexity index is 904. The summed E-state index contributed by atoms with van der Waals surface area (Å²) >= 11 is 0. The Balaban J connectivity index is 1.60. The first-order chi connectivity index (χ1) is 12.7. The summed E-state index contributed by atoms with van der Waals surface area (Å²) < 4.78 is 59.8. The maximum atomic E-state index is 15.1. The molecule has 0 aromatic heterocycles. The van der Waals surface area contributed by atoms with E-state index in [0.717, 1.165) is 18.9 Å². The third-order valence-electron chi connectivity index (χ3n) is 5.25. The summed E-state index contributed by atoms with van der Waals surface area (Å²) in [5.74, 6) is -2.28. The van der Waals surface area contributed by atoms with Crippen molar-refractivity contribution in [1.29, 1.82) is 0 Å². The van der Waals surface area contributed by atoms with Crippen molar-refractivity contribution in [2.75, 3.05) is 30.7 Å². The van der Waals surface area contributed by atoms with Crippen LogP contribution in [-0.4, -0.2) is 51.8 Å². The van der Waals surface area contributed by atoms with E-state index in [1.54, 1.807) is 4.72 Å². The Kier molecular flexibility index (Phi) is 4.18. The Hall–Kier alpha value is -2.14. The van der Waals surface area contributed by atoms with Crippen molar-refractivity contribution in [2.45, 2.75) is 25.3 Å². The number of aromatic hydroxyl groups is 1. The SMILES string of the molecule is O=C1CN(c2c(O)cc3c(c2F)CC(NCC2(CF)CC2)CO3)S(=O)(=O)N1. The van der Waals surface area contributed by atoms with Gasteiger partial charge in [0.1, 0.15) is 30.3 Å². The van der Waals surface area contributed by atoms with Gasteiger partial charge in [-0.3, -0.25) is 9.18 Å². The highest BCUT2D eigenvalue weighted by molar-refractivity contribution is 7.92. The van der Waals surface area contributed by atoms with E-state index >= 15 is 4.39 Å². The molecule has 2 fully saturated rings. The largest absolute Gasteiger partial charge is 0.505 e. The van der Waals surface area contributed by atoms with Gasteiger partial charge in [-0.1, -0.05) is 0 Å². The number of nitrogens with zero attached hydrogens (tertiary/aromatic N) is 1. The zero-order valence-corrected chi connectivity index (χ0v) is 15.1. The van der Waals surface area contributed by atoms with Gasteiger partial charge in [-0.05, 0) is 19.3 Å². The molecule has 2 heterocycles. The number of ether oxygens (including phenoxy) is 1. The van der Waals surface area contributed by atoms with Crippen LogP contribution in [0.3, 0.4) is 0 Å². The minimum absolute atomic E-state index is 0.103. The second-order valence-electron chi connectivity index (χ2n) is 7.30. The van der Waals surface area contributed by atoms with Crippen LogP contribution in [0.15, 0.2) is 6.07 Å². The zero-order chi connectivity index (χ0) is 19.4. The quantitative estimate of drug-likeness (QED) is 0.655. The highest BCUT2D eigenvalue weighted by Gasteiger charge is 2.43. The molecule has 2 aliphatic heterocycles. The topological polar surface area (TPSA) is 108 Å². The smallest absolute Gasteiger partial charge is 0.326 e. The van der Waals surface area contributed by atoms with E-state index in [0.29, 0.717) is 10.8 Å². The van der Waals surface area contributed by atoms with Crippen LogP contribution < -0.4 is 19.1 Å². The Morgan fingerprint density at radius 3 is 2.78 bits per heavy atom. The van der Waals surface area contributed by atoms with E-state index in [4.69, 9.17) is 4.74 Å². The first kappa shape index (κ1) is 18.2. The fraction of sp³-hybridized carbons (Fsp3) is 0.562. The van der Waals surface area contributed by atoms with E-state index in [9.17, 15) is 22.7 Å². The van der Waals surface area contributed by atoms with Crippen LogP contribution in [0, 0.1) is 11.2 Å². The average Bonchev–Trinajstić information content (AvgIpc) is 3.34. The monoisotopic (exact) mass is 403 g/mol. The summed E-state index contributed by atoms with van der Waals surface area (Å²) in [7, 11) is -4.26. The first-order valence-electron chi connectivity index (χ1n) is 8.54. The van der Waals surface area contributed by atoms with Crippen molar-refractivity contribution < 1.29 is 31.8 Å². The van der Waals surface area contributed by atoms with Crippen molar-refractivity contribution in [3.63, 3.8) is 0 Å². The molecule has 3 aliphatic rings. The third kappa shape index (κ3) is 3.18. The molecule has 11 heteroatoms. The Morgan fingerprint density at radius 2 is 2.19 bits per heavy atom. The lowest BCUT2D eigenvalue weighted by Crippen LogP contribution is -2.43. The Morgan fingerprint density at radius 1 is 1.44 bits per heavy atom. The van der Waals surface area contributed by atoms with Gasteiger partial charge >= 0.3 is 10.2 Å². The van der Waals surface area contributed by atoms with Gasteiger partial charge < -0.3 is 15.2 Å². The number of rotatable bonds is 5. The molecule has 1 aliphatic carbocycles. The third-order valence-corrected chi connectivity index (χ3v) is 6.62. The summed E-state index contributed by atoms with van der Waals surface area (Å²) in [5.41, 5.74) is -0.820. The zero-order valence-electron chi connectivity index (χ0n) is 14.3. The van der Waals surface area contributed by atoms with Gasteiger partial charge in [0.05, 0.1) is 6.67 Å². The molecule has 1 aromatic carbocycles. The van der Waals surface area contributed by atoms with Crippen molar-refractivity contribution in [3.8, 4) is 11.5 Å². The predicted octanol–water partition coefficient (Wildman–Crippen LogP) is 0.355. The fourth-order valence-electron chi connectivity index (χ4n) is 3.37. The van der Waals surface area contributed by atoms with Crippen LogP contribution in [-0.2, 0) is 21.4 Å². The van der Waals surface area contributed by atoms with Crippen molar-refractivity contribution in [3.05, 3.63) is 17.4 Å². The van der Waals surface area contributed by atoms with Gasteiger partial charge in [0.15, 0.2) is 5.82 Å². The highest BCUT2D eigenvalue weighted by Crippen LogP contribution is 2.46. The number of hydrogen-bond acceptors (Lipinski definition) is 6. The molecule has 1 saturated carbocycles. The number of anilines is 1. The molecule has 1 aromatic rings. The molecule has 148 valence electrons. The molecule has 0 bridgehead atoms. The molecule has 27 heavy (non-hydrogen) atoms. The molecule has 1 saturated heterocycles. The number of nitrogens with one attached hydrogen (secondary N) is 2. The van der Waals surface area contributed by atoms with Crippen LogP contribution in [0.4, 0.5) is 14.5 Å². The minimum Gasteiger partial charge on any atom is -0.505 e. The van der Waals surface area contributed by atoms with Crippen LogP contribution in [0.2, 0.25) is 0 Å². The predicted molar refractivity (Wildman–Crippen MR) is 91.1 cm³/mol. The van der Waals surface area contributed by atoms with Crippen molar-refractivity contribution >= 4 is 21.8 Å². The molecule has 1 unspecified atom stereocenters. The minimum atomic E-state index is -4.26. The number of phenols is 1. The number of carbonyl (C=O) groups is 1.